The van der Waals surface area contributed by atoms with Crippen molar-refractivity contribution >= 4 is 18.0 Å². The first kappa shape index (κ1) is 21.5. The van der Waals surface area contributed by atoms with E-state index in [1.165, 1.54) is 0 Å². The highest BCUT2D eigenvalue weighted by molar-refractivity contribution is 5.82. The summed E-state index contributed by atoms with van der Waals surface area (Å²) in [5, 5.41) is 9.62. The van der Waals surface area contributed by atoms with Crippen LogP contribution in [0.4, 0.5) is 4.79 Å². The van der Waals surface area contributed by atoms with E-state index < -0.39 is 29.7 Å². The number of carboxylic acid groups (broad SMARTS) is 1. The molecule has 7 nitrogen and oxygen atoms in total. The minimum absolute atomic E-state index is 0.00690. The van der Waals surface area contributed by atoms with Crippen molar-refractivity contribution in [3.8, 4) is 0 Å². The maximum atomic E-state index is 12.7. The summed E-state index contributed by atoms with van der Waals surface area (Å²) in [5.74, 6) is -1.05. The predicted molar refractivity (Wildman–Crippen MR) is 95.6 cm³/mol. The summed E-state index contributed by atoms with van der Waals surface area (Å²) in [7, 11) is 0. The van der Waals surface area contributed by atoms with Crippen molar-refractivity contribution in [1.29, 1.82) is 0 Å². The molecule has 1 atom stereocenters. The Bertz CT molecular complexity index is 608. The van der Waals surface area contributed by atoms with Gasteiger partial charge in [0.1, 0.15) is 5.60 Å². The van der Waals surface area contributed by atoms with Crippen molar-refractivity contribution in [1.82, 2.24) is 4.90 Å². The van der Waals surface area contributed by atoms with Gasteiger partial charge in [0, 0.05) is 13.0 Å². The van der Waals surface area contributed by atoms with E-state index in [0.717, 1.165) is 4.90 Å². The fourth-order valence-electron chi connectivity index (χ4n) is 2.40. The monoisotopic (exact) mass is 365 g/mol. The van der Waals surface area contributed by atoms with Crippen molar-refractivity contribution in [3.63, 3.8) is 0 Å². The largest absolute Gasteiger partial charge is 0.466 e. The summed E-state index contributed by atoms with van der Waals surface area (Å²) >= 11 is 0. The third kappa shape index (κ3) is 7.13. The molecule has 1 N–H and O–H groups in total. The molecule has 0 heterocycles. The minimum atomic E-state index is -1.26. The molecular weight excluding hydrogens is 338 g/mol. The summed E-state index contributed by atoms with van der Waals surface area (Å²) in [6.07, 6.45) is -0.932. The molecule has 0 fully saturated rings. The molecule has 0 aliphatic heterocycles. The highest BCUT2D eigenvalue weighted by atomic mass is 16.6. The lowest BCUT2D eigenvalue weighted by Gasteiger charge is -2.31. The van der Waals surface area contributed by atoms with Crippen LogP contribution in [0.15, 0.2) is 30.3 Å². The van der Waals surface area contributed by atoms with Gasteiger partial charge in [0.15, 0.2) is 6.04 Å². The Labute approximate surface area is 153 Å². The molecule has 0 spiro atoms. The SMILES string of the molecule is CCOC(=O)CCCN(C(=O)O)[C@@H](C(=O)OC(C)(C)C)c1ccccc1. The summed E-state index contributed by atoms with van der Waals surface area (Å²) < 4.78 is 10.3. The Balaban J connectivity index is 3.01. The quantitative estimate of drug-likeness (QED) is 0.710. The first-order valence-corrected chi connectivity index (χ1v) is 8.58. The molecule has 0 bridgehead atoms. The molecule has 0 aliphatic carbocycles. The minimum Gasteiger partial charge on any atom is -0.466 e. The van der Waals surface area contributed by atoms with E-state index in [4.69, 9.17) is 9.47 Å². The summed E-state index contributed by atoms with van der Waals surface area (Å²) in [6, 6.07) is 7.49. The van der Waals surface area contributed by atoms with Crippen LogP contribution in [0.25, 0.3) is 0 Å². The number of rotatable bonds is 8. The average Bonchev–Trinajstić information content (AvgIpc) is 2.53. The molecule has 0 saturated carbocycles. The molecule has 0 radical (unpaired) electrons. The highest BCUT2D eigenvalue weighted by Gasteiger charge is 2.34. The second kappa shape index (κ2) is 9.79. The molecule has 1 aromatic rings. The Morgan fingerprint density at radius 1 is 1.15 bits per heavy atom. The van der Waals surface area contributed by atoms with Crippen molar-refractivity contribution < 1.29 is 29.0 Å². The Morgan fingerprint density at radius 3 is 2.27 bits per heavy atom. The van der Waals surface area contributed by atoms with Crippen molar-refractivity contribution in [2.45, 2.75) is 52.2 Å². The van der Waals surface area contributed by atoms with Crippen molar-refractivity contribution in [2.75, 3.05) is 13.2 Å². The molecule has 0 aromatic heterocycles. The molecule has 144 valence electrons. The van der Waals surface area contributed by atoms with E-state index in [1.807, 2.05) is 0 Å². The number of amides is 1. The molecule has 0 aliphatic rings. The number of hydrogen-bond acceptors (Lipinski definition) is 5. The molecule has 0 saturated heterocycles. The van der Waals surface area contributed by atoms with Gasteiger partial charge in [-0.3, -0.25) is 9.69 Å². The molecule has 1 rings (SSSR count). The van der Waals surface area contributed by atoms with E-state index in [9.17, 15) is 19.5 Å². The fourth-order valence-corrected chi connectivity index (χ4v) is 2.40. The Kier molecular flexibility index (Phi) is 8.09. The van der Waals surface area contributed by atoms with Crippen LogP contribution in [-0.2, 0) is 19.1 Å². The van der Waals surface area contributed by atoms with Crippen LogP contribution in [0.2, 0.25) is 0 Å². The molecule has 0 unspecified atom stereocenters. The van der Waals surface area contributed by atoms with Crippen LogP contribution < -0.4 is 0 Å². The van der Waals surface area contributed by atoms with Crippen LogP contribution in [0, 0.1) is 0 Å². The van der Waals surface area contributed by atoms with E-state index in [0.29, 0.717) is 5.56 Å². The standard InChI is InChI=1S/C19H27NO6/c1-5-25-15(21)12-9-13-20(18(23)24)16(14-10-7-6-8-11-14)17(22)26-19(2,3)4/h6-8,10-11,16H,5,9,12-13H2,1-4H3,(H,23,24)/t16-/m1/s1. The smallest absolute Gasteiger partial charge is 0.408 e. The van der Waals surface area contributed by atoms with Gasteiger partial charge >= 0.3 is 18.0 Å². The first-order valence-electron chi connectivity index (χ1n) is 8.58. The third-order valence-electron chi connectivity index (χ3n) is 3.39. The van der Waals surface area contributed by atoms with Gasteiger partial charge in [-0.2, -0.15) is 0 Å². The lowest BCUT2D eigenvalue weighted by atomic mass is 10.0. The third-order valence-corrected chi connectivity index (χ3v) is 3.39. The van der Waals surface area contributed by atoms with E-state index in [-0.39, 0.29) is 26.0 Å². The number of nitrogens with zero attached hydrogens (tertiary/aromatic N) is 1. The van der Waals surface area contributed by atoms with Gasteiger partial charge in [0.2, 0.25) is 0 Å². The predicted octanol–water partition coefficient (Wildman–Crippen LogP) is 3.39. The van der Waals surface area contributed by atoms with Crippen LogP contribution in [-0.4, -0.2) is 46.8 Å². The number of carbonyl (C=O) groups excluding carboxylic acids is 2. The van der Waals surface area contributed by atoms with Crippen molar-refractivity contribution in [2.24, 2.45) is 0 Å². The number of hydrogen-bond donors (Lipinski definition) is 1. The lowest BCUT2D eigenvalue weighted by molar-refractivity contribution is -0.161. The van der Waals surface area contributed by atoms with Gasteiger partial charge in [0.05, 0.1) is 6.61 Å². The molecule has 7 heteroatoms. The van der Waals surface area contributed by atoms with Gasteiger partial charge in [-0.1, -0.05) is 30.3 Å². The first-order chi connectivity index (χ1) is 12.2. The zero-order valence-electron chi connectivity index (χ0n) is 15.7. The van der Waals surface area contributed by atoms with Crippen LogP contribution >= 0.6 is 0 Å². The number of esters is 2. The molecular formula is C19H27NO6. The number of ether oxygens (including phenoxy) is 2. The average molecular weight is 365 g/mol. The summed E-state index contributed by atoms with van der Waals surface area (Å²) in [6.45, 7) is 7.14. The van der Waals surface area contributed by atoms with E-state index in [2.05, 4.69) is 0 Å². The van der Waals surface area contributed by atoms with Gasteiger partial charge < -0.3 is 14.6 Å². The molecule has 1 aromatic carbocycles. The van der Waals surface area contributed by atoms with Gasteiger partial charge in [-0.15, -0.1) is 0 Å². The number of benzene rings is 1. The van der Waals surface area contributed by atoms with Gasteiger partial charge in [0.25, 0.3) is 0 Å². The second-order valence-electron chi connectivity index (χ2n) is 6.73. The lowest BCUT2D eigenvalue weighted by Crippen LogP contribution is -2.41. The Morgan fingerprint density at radius 2 is 1.77 bits per heavy atom. The summed E-state index contributed by atoms with van der Waals surface area (Å²) in [4.78, 5) is 37.0. The topological polar surface area (TPSA) is 93.1 Å². The number of carbonyl (C=O) groups is 3. The molecule has 26 heavy (non-hydrogen) atoms. The van der Waals surface area contributed by atoms with E-state index >= 15 is 0 Å². The maximum absolute atomic E-state index is 12.7. The fraction of sp³-hybridized carbons (Fsp3) is 0.526. The zero-order valence-corrected chi connectivity index (χ0v) is 15.7. The van der Waals surface area contributed by atoms with Crippen LogP contribution in [0.3, 0.4) is 0 Å². The van der Waals surface area contributed by atoms with E-state index in [1.54, 1.807) is 58.0 Å². The van der Waals surface area contributed by atoms with Crippen LogP contribution in [0.1, 0.15) is 52.1 Å². The van der Waals surface area contributed by atoms with Crippen LogP contribution in [0.5, 0.6) is 0 Å². The Hall–Kier alpha value is -2.57. The highest BCUT2D eigenvalue weighted by Crippen LogP contribution is 2.25. The normalized spacial score (nSPS) is 12.2. The maximum Gasteiger partial charge on any atom is 0.408 e. The van der Waals surface area contributed by atoms with Gasteiger partial charge in [-0.25, -0.2) is 9.59 Å². The zero-order chi connectivity index (χ0) is 19.7. The molecule has 1 amide bonds. The van der Waals surface area contributed by atoms with Crippen molar-refractivity contribution in [3.05, 3.63) is 35.9 Å². The summed E-state index contributed by atoms with van der Waals surface area (Å²) in [5.41, 5.74) is -0.237. The van der Waals surface area contributed by atoms with Gasteiger partial charge in [-0.05, 0) is 39.7 Å². The second-order valence-corrected chi connectivity index (χ2v) is 6.73.